The fourth-order valence-electron chi connectivity index (χ4n) is 1.36. The molecule has 1 atom stereocenters. The molecule has 3 nitrogen and oxygen atoms in total. The second-order valence-corrected chi connectivity index (χ2v) is 4.05. The molecule has 0 saturated carbocycles. The summed E-state index contributed by atoms with van der Waals surface area (Å²) < 4.78 is 11.3. The highest BCUT2D eigenvalue weighted by molar-refractivity contribution is 9.10. The number of furan rings is 2. The molecule has 0 radical (unpaired) electrons. The first-order chi connectivity index (χ1) is 7.22. The van der Waals surface area contributed by atoms with E-state index >= 15 is 0 Å². The Kier molecular flexibility index (Phi) is 2.98. The van der Waals surface area contributed by atoms with Crippen molar-refractivity contribution in [2.24, 2.45) is 0 Å². The molecule has 4 heteroatoms. The highest BCUT2D eigenvalue weighted by Gasteiger charge is 2.20. The Labute approximate surface area is 95.8 Å². The molecule has 0 spiro atoms. The van der Waals surface area contributed by atoms with Crippen LogP contribution in [-0.4, -0.2) is 5.11 Å². The highest BCUT2D eigenvalue weighted by atomic mass is 79.9. The molecule has 0 bridgehead atoms. The molecular weight excluding hydrogens is 260 g/mol. The van der Waals surface area contributed by atoms with E-state index in [2.05, 4.69) is 15.9 Å². The van der Waals surface area contributed by atoms with Gasteiger partial charge in [-0.2, -0.15) is 0 Å². The van der Waals surface area contributed by atoms with E-state index in [4.69, 9.17) is 8.83 Å². The number of halogens is 1. The van der Waals surface area contributed by atoms with Crippen molar-refractivity contribution in [2.75, 3.05) is 0 Å². The van der Waals surface area contributed by atoms with E-state index in [0.717, 1.165) is 16.7 Å². The van der Waals surface area contributed by atoms with Crippen molar-refractivity contribution in [3.63, 3.8) is 0 Å². The van der Waals surface area contributed by atoms with E-state index in [1.165, 1.54) is 6.26 Å². The lowest BCUT2D eigenvalue weighted by molar-refractivity contribution is 0.159. The van der Waals surface area contributed by atoms with Crippen molar-refractivity contribution in [1.82, 2.24) is 0 Å². The third kappa shape index (κ3) is 2.01. The first-order valence-corrected chi connectivity index (χ1v) is 5.51. The molecule has 0 aromatic carbocycles. The molecule has 15 heavy (non-hydrogen) atoms. The zero-order chi connectivity index (χ0) is 10.8. The molecule has 2 aromatic rings. The zero-order valence-electron chi connectivity index (χ0n) is 8.24. The average molecular weight is 271 g/mol. The minimum atomic E-state index is -0.852. The summed E-state index contributed by atoms with van der Waals surface area (Å²) in [5.41, 5.74) is 0. The van der Waals surface area contributed by atoms with Crippen LogP contribution >= 0.6 is 15.9 Å². The van der Waals surface area contributed by atoms with E-state index < -0.39 is 6.10 Å². The van der Waals surface area contributed by atoms with Gasteiger partial charge in [-0.05, 0) is 34.1 Å². The van der Waals surface area contributed by atoms with Crippen molar-refractivity contribution >= 4 is 15.9 Å². The molecule has 0 saturated heterocycles. The predicted molar refractivity (Wildman–Crippen MR) is 58.6 cm³/mol. The molecule has 0 aliphatic carbocycles. The van der Waals surface area contributed by atoms with Crippen molar-refractivity contribution in [2.45, 2.75) is 19.4 Å². The summed E-state index contributed by atoms with van der Waals surface area (Å²) in [6, 6.07) is 5.36. The average Bonchev–Trinajstić information content (AvgIpc) is 2.84. The number of hydrogen-bond acceptors (Lipinski definition) is 3. The quantitative estimate of drug-likeness (QED) is 0.931. The second-order valence-electron chi connectivity index (χ2n) is 3.19. The van der Waals surface area contributed by atoms with Gasteiger partial charge in [0.05, 0.1) is 10.7 Å². The van der Waals surface area contributed by atoms with Gasteiger partial charge in [0, 0.05) is 6.42 Å². The zero-order valence-corrected chi connectivity index (χ0v) is 9.82. The molecule has 0 amide bonds. The first-order valence-electron chi connectivity index (χ1n) is 4.72. The summed E-state index contributed by atoms with van der Waals surface area (Å²) in [7, 11) is 0. The largest absolute Gasteiger partial charge is 0.465 e. The summed E-state index contributed by atoms with van der Waals surface area (Å²) in [6.07, 6.45) is 1.48. The molecule has 1 N–H and O–H groups in total. The van der Waals surface area contributed by atoms with Gasteiger partial charge in [0.1, 0.15) is 11.5 Å². The van der Waals surface area contributed by atoms with Gasteiger partial charge >= 0.3 is 0 Å². The topological polar surface area (TPSA) is 46.5 Å². The van der Waals surface area contributed by atoms with E-state index in [1.807, 2.05) is 13.0 Å². The second kappa shape index (κ2) is 4.24. The Morgan fingerprint density at radius 3 is 2.73 bits per heavy atom. The predicted octanol–water partition coefficient (Wildman–Crippen LogP) is 3.28. The van der Waals surface area contributed by atoms with Crippen molar-refractivity contribution in [3.8, 4) is 0 Å². The monoisotopic (exact) mass is 270 g/mol. The molecule has 0 aliphatic heterocycles. The van der Waals surface area contributed by atoms with Crippen LogP contribution in [0.1, 0.15) is 30.3 Å². The van der Waals surface area contributed by atoms with Crippen LogP contribution in [-0.2, 0) is 6.42 Å². The molecule has 1 unspecified atom stereocenters. The van der Waals surface area contributed by atoms with Crippen LogP contribution in [0.3, 0.4) is 0 Å². The summed E-state index contributed by atoms with van der Waals surface area (Å²) in [4.78, 5) is 0. The maximum atomic E-state index is 9.95. The molecule has 80 valence electrons. The third-order valence-electron chi connectivity index (χ3n) is 2.19. The van der Waals surface area contributed by atoms with Crippen LogP contribution in [0.25, 0.3) is 0 Å². The minimum absolute atomic E-state index is 0.465. The summed E-state index contributed by atoms with van der Waals surface area (Å²) >= 11 is 3.29. The fraction of sp³-hybridized carbons (Fsp3) is 0.273. The Balaban J connectivity index is 2.28. The number of aliphatic hydroxyl groups excluding tert-OH is 1. The molecule has 2 rings (SSSR count). The van der Waals surface area contributed by atoms with Gasteiger partial charge in [-0.25, -0.2) is 0 Å². The fourth-order valence-corrected chi connectivity index (χ4v) is 1.78. The lowest BCUT2D eigenvalue weighted by Crippen LogP contribution is -1.96. The van der Waals surface area contributed by atoms with Gasteiger partial charge in [-0.1, -0.05) is 6.92 Å². The van der Waals surface area contributed by atoms with Crippen LogP contribution in [0.4, 0.5) is 0 Å². The van der Waals surface area contributed by atoms with E-state index in [0.29, 0.717) is 11.5 Å². The van der Waals surface area contributed by atoms with Crippen molar-refractivity contribution < 1.29 is 13.9 Å². The van der Waals surface area contributed by atoms with Crippen LogP contribution in [0.15, 0.2) is 37.8 Å². The van der Waals surface area contributed by atoms with Crippen LogP contribution < -0.4 is 0 Å². The smallest absolute Gasteiger partial charge is 0.170 e. The number of rotatable bonds is 3. The van der Waals surface area contributed by atoms with E-state index in [9.17, 15) is 5.11 Å². The van der Waals surface area contributed by atoms with Gasteiger partial charge in [0.25, 0.3) is 0 Å². The van der Waals surface area contributed by atoms with Crippen LogP contribution in [0, 0.1) is 0 Å². The maximum Gasteiger partial charge on any atom is 0.170 e. The van der Waals surface area contributed by atoms with Gasteiger partial charge in [-0.3, -0.25) is 0 Å². The number of hydrogen-bond donors (Lipinski definition) is 1. The minimum Gasteiger partial charge on any atom is -0.465 e. The molecule has 2 heterocycles. The van der Waals surface area contributed by atoms with Gasteiger partial charge in [0.15, 0.2) is 11.9 Å². The first kappa shape index (κ1) is 10.5. The van der Waals surface area contributed by atoms with E-state index in [-0.39, 0.29) is 0 Å². The molecule has 0 fully saturated rings. The SMILES string of the molecule is CCc1ccc(C(O)c2occc2Br)o1. The Morgan fingerprint density at radius 2 is 2.20 bits per heavy atom. The summed E-state index contributed by atoms with van der Waals surface area (Å²) in [5.74, 6) is 1.82. The molecule has 0 aliphatic rings. The van der Waals surface area contributed by atoms with Crippen LogP contribution in [0.5, 0.6) is 0 Å². The Bertz CT molecular complexity index is 444. The standard InChI is InChI=1S/C11H11BrO3/c1-2-7-3-4-9(15-7)10(13)11-8(12)5-6-14-11/h3-6,10,13H,2H2,1H3. The lowest BCUT2D eigenvalue weighted by Gasteiger charge is -2.04. The van der Waals surface area contributed by atoms with Gasteiger partial charge < -0.3 is 13.9 Å². The van der Waals surface area contributed by atoms with Crippen LogP contribution in [0.2, 0.25) is 0 Å². The maximum absolute atomic E-state index is 9.95. The van der Waals surface area contributed by atoms with Gasteiger partial charge in [-0.15, -0.1) is 0 Å². The third-order valence-corrected chi connectivity index (χ3v) is 2.85. The van der Waals surface area contributed by atoms with Crippen molar-refractivity contribution in [1.29, 1.82) is 0 Å². The van der Waals surface area contributed by atoms with Crippen molar-refractivity contribution in [3.05, 3.63) is 46.2 Å². The lowest BCUT2D eigenvalue weighted by atomic mass is 10.2. The van der Waals surface area contributed by atoms with E-state index in [1.54, 1.807) is 12.1 Å². The summed E-state index contributed by atoms with van der Waals surface area (Å²) in [6.45, 7) is 2.00. The summed E-state index contributed by atoms with van der Waals surface area (Å²) in [5, 5.41) is 9.95. The van der Waals surface area contributed by atoms with Gasteiger partial charge in [0.2, 0.25) is 0 Å². The Morgan fingerprint density at radius 1 is 1.40 bits per heavy atom. The highest BCUT2D eigenvalue weighted by Crippen LogP contribution is 2.30. The normalized spacial score (nSPS) is 13.0. The molecule has 2 aromatic heterocycles. The molecular formula is C11H11BrO3. The Hall–Kier alpha value is -1.000. The number of aryl methyl sites for hydroxylation is 1. The number of aliphatic hydroxyl groups is 1.